The van der Waals surface area contributed by atoms with Gasteiger partial charge in [0.05, 0.1) is 12.7 Å². The fourth-order valence-electron chi connectivity index (χ4n) is 2.26. The highest BCUT2D eigenvalue weighted by Crippen LogP contribution is 2.21. The van der Waals surface area contributed by atoms with Crippen molar-refractivity contribution in [2.24, 2.45) is 0 Å². The van der Waals surface area contributed by atoms with Crippen LogP contribution in [0.2, 0.25) is 0 Å². The van der Waals surface area contributed by atoms with Crippen molar-refractivity contribution in [2.45, 2.75) is 19.4 Å². The number of amides is 1. The van der Waals surface area contributed by atoms with Gasteiger partial charge in [-0.25, -0.2) is 4.79 Å². The normalized spacial score (nSPS) is 11.8. The predicted molar refractivity (Wildman–Crippen MR) is 83.9 cm³/mol. The van der Waals surface area contributed by atoms with Crippen LogP contribution in [0, 0.1) is 0 Å². The molecular weight excluding hydrogens is 298 g/mol. The Morgan fingerprint density at radius 1 is 1.35 bits per heavy atom. The van der Waals surface area contributed by atoms with Crippen molar-refractivity contribution in [1.82, 2.24) is 4.90 Å². The van der Waals surface area contributed by atoms with Gasteiger partial charge in [0.15, 0.2) is 5.76 Å². The maximum atomic E-state index is 12.4. The van der Waals surface area contributed by atoms with E-state index in [1.807, 2.05) is 31.2 Å². The number of furan rings is 1. The van der Waals surface area contributed by atoms with Gasteiger partial charge in [-0.15, -0.1) is 0 Å². The summed E-state index contributed by atoms with van der Waals surface area (Å²) in [7, 11) is 3.26. The molecule has 1 aromatic carbocycles. The number of likely N-dealkylation sites (N-methyl/N-ethyl adjacent to an activating group) is 1. The highest BCUT2D eigenvalue weighted by atomic mass is 16.5. The molecule has 6 nitrogen and oxygen atoms in total. The fraction of sp³-hybridized carbons (Fsp3) is 0.294. The molecule has 1 amide bonds. The largest absolute Gasteiger partial charge is 0.496 e. The van der Waals surface area contributed by atoms with Gasteiger partial charge in [-0.1, -0.05) is 18.2 Å². The summed E-state index contributed by atoms with van der Waals surface area (Å²) in [6, 6.07) is 8.74. The van der Waals surface area contributed by atoms with Gasteiger partial charge >= 0.3 is 5.97 Å². The molecular formula is C17H19NO5. The van der Waals surface area contributed by atoms with Crippen molar-refractivity contribution in [1.29, 1.82) is 0 Å². The zero-order chi connectivity index (χ0) is 17.0. The summed E-state index contributed by atoms with van der Waals surface area (Å²) in [6.07, 6.45) is 1.67. The Bertz CT molecular complexity index is 707. The van der Waals surface area contributed by atoms with Crippen LogP contribution >= 0.6 is 0 Å². The summed E-state index contributed by atoms with van der Waals surface area (Å²) >= 11 is 0. The summed E-state index contributed by atoms with van der Waals surface area (Å²) < 4.78 is 10.4. The van der Waals surface area contributed by atoms with E-state index in [1.165, 1.54) is 11.0 Å². The van der Waals surface area contributed by atoms with Crippen LogP contribution in [0.5, 0.6) is 5.75 Å². The van der Waals surface area contributed by atoms with Gasteiger partial charge in [0.25, 0.3) is 5.91 Å². The van der Waals surface area contributed by atoms with Crippen LogP contribution in [0.25, 0.3) is 0 Å². The van der Waals surface area contributed by atoms with E-state index < -0.39 is 5.97 Å². The number of benzene rings is 1. The molecule has 0 saturated heterocycles. The number of carbonyl (C=O) groups is 2. The van der Waals surface area contributed by atoms with Gasteiger partial charge in [-0.2, -0.15) is 0 Å². The molecule has 0 radical (unpaired) electrons. The summed E-state index contributed by atoms with van der Waals surface area (Å²) in [5.74, 6) is -0.708. The van der Waals surface area contributed by atoms with E-state index in [-0.39, 0.29) is 23.3 Å². The Morgan fingerprint density at radius 3 is 2.65 bits per heavy atom. The van der Waals surface area contributed by atoms with Crippen LogP contribution in [0.4, 0.5) is 0 Å². The highest BCUT2D eigenvalue weighted by molar-refractivity contribution is 5.95. The second-order valence-corrected chi connectivity index (χ2v) is 5.29. The smallest absolute Gasteiger partial charge is 0.338 e. The molecule has 1 N–H and O–H groups in total. The summed E-state index contributed by atoms with van der Waals surface area (Å²) in [5, 5.41) is 8.88. The number of para-hydroxylation sites is 1. The molecule has 1 atom stereocenters. The van der Waals surface area contributed by atoms with E-state index in [1.54, 1.807) is 14.2 Å². The lowest BCUT2D eigenvalue weighted by Gasteiger charge is -2.24. The van der Waals surface area contributed by atoms with E-state index in [0.29, 0.717) is 6.42 Å². The zero-order valence-electron chi connectivity index (χ0n) is 13.3. The van der Waals surface area contributed by atoms with Crippen LogP contribution in [-0.4, -0.2) is 42.1 Å². The standard InChI is InChI=1S/C17H19NO5/c1-11(8-12-6-4-5-7-14(12)22-3)18(2)16(19)15-9-13(10-23-15)17(20)21/h4-7,9-11H,8H2,1-3H3,(H,20,21)/t11-/m0/s1. The molecule has 2 aromatic rings. The summed E-state index contributed by atoms with van der Waals surface area (Å²) in [6.45, 7) is 1.91. The molecule has 0 bridgehead atoms. The first-order valence-electron chi connectivity index (χ1n) is 7.15. The number of nitrogens with zero attached hydrogens (tertiary/aromatic N) is 1. The number of carboxylic acid groups (broad SMARTS) is 1. The number of methoxy groups -OCH3 is 1. The first kappa shape index (κ1) is 16.6. The Labute approximate surface area is 134 Å². The zero-order valence-corrected chi connectivity index (χ0v) is 13.3. The number of hydrogen-bond donors (Lipinski definition) is 1. The topological polar surface area (TPSA) is 80.0 Å². The van der Waals surface area contributed by atoms with Crippen LogP contribution in [-0.2, 0) is 6.42 Å². The first-order chi connectivity index (χ1) is 10.9. The van der Waals surface area contributed by atoms with E-state index >= 15 is 0 Å². The molecule has 0 aliphatic rings. The van der Waals surface area contributed by atoms with E-state index in [9.17, 15) is 9.59 Å². The second-order valence-electron chi connectivity index (χ2n) is 5.29. The number of rotatable bonds is 6. The SMILES string of the molecule is COc1ccccc1C[C@H](C)N(C)C(=O)c1cc(C(=O)O)co1. The lowest BCUT2D eigenvalue weighted by Crippen LogP contribution is -2.36. The monoisotopic (exact) mass is 317 g/mol. The Morgan fingerprint density at radius 2 is 2.04 bits per heavy atom. The number of hydrogen-bond acceptors (Lipinski definition) is 4. The fourth-order valence-corrected chi connectivity index (χ4v) is 2.26. The van der Waals surface area contributed by atoms with Crippen LogP contribution in [0.1, 0.15) is 33.4 Å². The predicted octanol–water partition coefficient (Wildman–Crippen LogP) is 2.69. The number of carboxylic acids is 1. The van der Waals surface area contributed by atoms with Crippen LogP contribution < -0.4 is 4.74 Å². The molecule has 0 aliphatic heterocycles. The van der Waals surface area contributed by atoms with Gasteiger partial charge in [-0.05, 0) is 25.0 Å². The Balaban J connectivity index is 2.10. The van der Waals surface area contributed by atoms with Gasteiger partial charge in [0.1, 0.15) is 12.0 Å². The minimum atomic E-state index is -1.13. The maximum absolute atomic E-state index is 12.4. The molecule has 6 heteroatoms. The van der Waals surface area contributed by atoms with Gasteiger partial charge < -0.3 is 19.2 Å². The van der Waals surface area contributed by atoms with Crippen molar-refractivity contribution < 1.29 is 23.8 Å². The van der Waals surface area contributed by atoms with Gasteiger partial charge in [0.2, 0.25) is 0 Å². The Hall–Kier alpha value is -2.76. The van der Waals surface area contributed by atoms with E-state index in [2.05, 4.69) is 0 Å². The average molecular weight is 317 g/mol. The molecule has 23 heavy (non-hydrogen) atoms. The Kier molecular flexibility index (Phi) is 5.05. The van der Waals surface area contributed by atoms with Gasteiger partial charge in [-0.3, -0.25) is 4.79 Å². The summed E-state index contributed by atoms with van der Waals surface area (Å²) in [4.78, 5) is 24.8. The van der Waals surface area contributed by atoms with Crippen LogP contribution in [0.3, 0.4) is 0 Å². The van der Waals surface area contributed by atoms with Crippen molar-refractivity contribution in [3.63, 3.8) is 0 Å². The number of aromatic carboxylic acids is 1. The molecule has 2 rings (SSSR count). The third-order valence-corrected chi connectivity index (χ3v) is 3.75. The number of ether oxygens (including phenoxy) is 1. The lowest BCUT2D eigenvalue weighted by molar-refractivity contribution is 0.0692. The molecule has 0 aliphatic carbocycles. The van der Waals surface area contributed by atoms with Crippen LogP contribution in [0.15, 0.2) is 41.0 Å². The van der Waals surface area contributed by atoms with Crippen molar-refractivity contribution in [3.8, 4) is 5.75 Å². The maximum Gasteiger partial charge on any atom is 0.338 e. The third kappa shape index (κ3) is 3.71. The van der Waals surface area contributed by atoms with Gasteiger partial charge in [0, 0.05) is 19.2 Å². The van der Waals surface area contributed by atoms with Crippen molar-refractivity contribution >= 4 is 11.9 Å². The molecule has 122 valence electrons. The second kappa shape index (κ2) is 7.00. The quantitative estimate of drug-likeness (QED) is 0.886. The molecule has 0 fully saturated rings. The minimum absolute atomic E-state index is 0.0109. The highest BCUT2D eigenvalue weighted by Gasteiger charge is 2.22. The lowest BCUT2D eigenvalue weighted by atomic mass is 10.0. The first-order valence-corrected chi connectivity index (χ1v) is 7.15. The van der Waals surface area contributed by atoms with E-state index in [4.69, 9.17) is 14.3 Å². The molecule has 0 spiro atoms. The molecule has 0 saturated carbocycles. The van der Waals surface area contributed by atoms with Crippen molar-refractivity contribution in [2.75, 3.05) is 14.2 Å². The van der Waals surface area contributed by atoms with E-state index in [0.717, 1.165) is 17.6 Å². The third-order valence-electron chi connectivity index (χ3n) is 3.75. The molecule has 1 aromatic heterocycles. The number of carbonyl (C=O) groups excluding carboxylic acids is 1. The molecule has 1 heterocycles. The summed E-state index contributed by atoms with van der Waals surface area (Å²) in [5.41, 5.74) is 0.951. The minimum Gasteiger partial charge on any atom is -0.496 e. The van der Waals surface area contributed by atoms with Crippen molar-refractivity contribution in [3.05, 3.63) is 53.5 Å². The average Bonchev–Trinajstić information content (AvgIpc) is 3.04. The molecule has 0 unspecified atom stereocenters.